The van der Waals surface area contributed by atoms with Gasteiger partial charge < -0.3 is 14.8 Å². The Balaban J connectivity index is 1.85. The van der Waals surface area contributed by atoms with E-state index in [1.807, 2.05) is 18.2 Å². The second-order valence-corrected chi connectivity index (χ2v) is 5.53. The third-order valence-corrected chi connectivity index (χ3v) is 3.70. The van der Waals surface area contributed by atoms with Crippen LogP contribution in [0.3, 0.4) is 0 Å². The second-order valence-electron chi connectivity index (χ2n) is 5.53. The summed E-state index contributed by atoms with van der Waals surface area (Å²) in [5.74, 6) is -1.13. The zero-order valence-corrected chi connectivity index (χ0v) is 14.5. The number of carbonyl (C=O) groups is 2. The standard InChI is InChI=1S/C19H18F3NO4/c1-26-16-9-5-2-6-13(16)10-11-23-17(24)12-27-18(25)14-7-3-4-8-15(14)19(20,21)22/h2-9H,10-12H2,1H3,(H,23,24). The molecule has 144 valence electrons. The molecule has 5 nitrogen and oxygen atoms in total. The van der Waals surface area contributed by atoms with E-state index in [1.165, 1.54) is 19.2 Å². The van der Waals surface area contributed by atoms with Gasteiger partial charge in [-0.15, -0.1) is 0 Å². The summed E-state index contributed by atoms with van der Waals surface area (Å²) >= 11 is 0. The van der Waals surface area contributed by atoms with Crippen LogP contribution >= 0.6 is 0 Å². The first-order chi connectivity index (χ1) is 12.8. The van der Waals surface area contributed by atoms with E-state index in [-0.39, 0.29) is 6.54 Å². The number of nitrogens with one attached hydrogen (secondary N) is 1. The highest BCUT2D eigenvalue weighted by molar-refractivity contribution is 5.93. The molecule has 0 saturated carbocycles. The number of halogens is 3. The Bertz CT molecular complexity index is 806. The third kappa shape index (κ3) is 5.73. The lowest BCUT2D eigenvalue weighted by atomic mass is 10.1. The van der Waals surface area contributed by atoms with Crippen molar-refractivity contribution in [2.45, 2.75) is 12.6 Å². The average Bonchev–Trinajstić information content (AvgIpc) is 2.65. The highest BCUT2D eigenvalue weighted by Crippen LogP contribution is 2.32. The summed E-state index contributed by atoms with van der Waals surface area (Å²) in [5, 5.41) is 2.54. The molecule has 0 aliphatic heterocycles. The van der Waals surface area contributed by atoms with Gasteiger partial charge in [0.25, 0.3) is 5.91 Å². The summed E-state index contributed by atoms with van der Waals surface area (Å²) in [5.41, 5.74) is -0.852. The van der Waals surface area contributed by atoms with Gasteiger partial charge in [-0.1, -0.05) is 30.3 Å². The van der Waals surface area contributed by atoms with Crippen LogP contribution in [0.25, 0.3) is 0 Å². The molecule has 0 aliphatic rings. The summed E-state index contributed by atoms with van der Waals surface area (Å²) in [4.78, 5) is 23.6. The first-order valence-corrected chi connectivity index (χ1v) is 8.05. The zero-order chi connectivity index (χ0) is 19.9. The molecule has 0 unspecified atom stereocenters. The number of hydrogen-bond acceptors (Lipinski definition) is 4. The van der Waals surface area contributed by atoms with Crippen LogP contribution in [0.15, 0.2) is 48.5 Å². The fraction of sp³-hybridized carbons (Fsp3) is 0.263. The molecule has 0 aliphatic carbocycles. The molecule has 8 heteroatoms. The van der Waals surface area contributed by atoms with Crippen LogP contribution < -0.4 is 10.1 Å². The molecular weight excluding hydrogens is 363 g/mol. The van der Waals surface area contributed by atoms with Crippen LogP contribution in [0.1, 0.15) is 21.5 Å². The van der Waals surface area contributed by atoms with Crippen LogP contribution in [0.2, 0.25) is 0 Å². The molecule has 1 amide bonds. The Labute approximate surface area is 154 Å². The van der Waals surface area contributed by atoms with Crippen molar-refractivity contribution in [3.8, 4) is 5.75 Å². The fourth-order valence-corrected chi connectivity index (χ4v) is 2.41. The van der Waals surface area contributed by atoms with Crippen molar-refractivity contribution in [2.24, 2.45) is 0 Å². The number of hydrogen-bond donors (Lipinski definition) is 1. The predicted molar refractivity (Wildman–Crippen MR) is 91.4 cm³/mol. The maximum absolute atomic E-state index is 12.9. The minimum absolute atomic E-state index is 0.260. The molecule has 2 rings (SSSR count). The van der Waals surface area contributed by atoms with E-state index < -0.39 is 35.8 Å². The van der Waals surface area contributed by atoms with E-state index >= 15 is 0 Å². The second kappa shape index (κ2) is 9.07. The quantitative estimate of drug-likeness (QED) is 0.748. The Kier molecular flexibility index (Phi) is 6.81. The Morgan fingerprint density at radius 2 is 1.70 bits per heavy atom. The minimum Gasteiger partial charge on any atom is -0.496 e. The van der Waals surface area contributed by atoms with Crippen LogP contribution in [0, 0.1) is 0 Å². The lowest BCUT2D eigenvalue weighted by Gasteiger charge is -2.12. The molecule has 0 aromatic heterocycles. The Morgan fingerprint density at radius 3 is 2.41 bits per heavy atom. The van der Waals surface area contributed by atoms with Gasteiger partial charge in [-0.05, 0) is 30.2 Å². The normalized spacial score (nSPS) is 11.0. The van der Waals surface area contributed by atoms with Gasteiger partial charge >= 0.3 is 12.1 Å². The SMILES string of the molecule is COc1ccccc1CCNC(=O)COC(=O)c1ccccc1C(F)(F)F. The number of ether oxygens (including phenoxy) is 2. The fourth-order valence-electron chi connectivity index (χ4n) is 2.41. The molecule has 2 aromatic carbocycles. The van der Waals surface area contributed by atoms with Gasteiger partial charge in [0.05, 0.1) is 18.2 Å². The van der Waals surface area contributed by atoms with Crippen molar-refractivity contribution in [1.82, 2.24) is 5.32 Å². The van der Waals surface area contributed by atoms with Crippen molar-refractivity contribution in [3.63, 3.8) is 0 Å². The van der Waals surface area contributed by atoms with Crippen molar-refractivity contribution < 1.29 is 32.2 Å². The van der Waals surface area contributed by atoms with Gasteiger partial charge in [0.1, 0.15) is 5.75 Å². The number of alkyl halides is 3. The number of carbonyl (C=O) groups excluding carboxylic acids is 2. The Morgan fingerprint density at radius 1 is 1.04 bits per heavy atom. The summed E-state index contributed by atoms with van der Waals surface area (Å²) in [6.45, 7) is -0.410. The van der Waals surface area contributed by atoms with Crippen LogP contribution in [-0.2, 0) is 22.1 Å². The van der Waals surface area contributed by atoms with E-state index in [4.69, 9.17) is 9.47 Å². The van der Waals surface area contributed by atoms with Crippen LogP contribution in [0.5, 0.6) is 5.75 Å². The minimum atomic E-state index is -4.69. The van der Waals surface area contributed by atoms with Crippen LogP contribution in [0.4, 0.5) is 13.2 Å². The van der Waals surface area contributed by atoms with Crippen molar-refractivity contribution in [2.75, 3.05) is 20.3 Å². The van der Waals surface area contributed by atoms with Gasteiger partial charge in [0.2, 0.25) is 0 Å². The third-order valence-electron chi connectivity index (χ3n) is 3.70. The van der Waals surface area contributed by atoms with E-state index in [2.05, 4.69) is 5.32 Å². The summed E-state index contributed by atoms with van der Waals surface area (Å²) in [6, 6.07) is 11.5. The number of esters is 1. The first kappa shape index (κ1) is 20.3. The molecule has 0 bridgehead atoms. The van der Waals surface area contributed by atoms with Gasteiger partial charge in [0, 0.05) is 6.54 Å². The summed E-state index contributed by atoms with van der Waals surface area (Å²) < 4.78 is 48.6. The number of para-hydroxylation sites is 1. The van der Waals surface area contributed by atoms with Gasteiger partial charge in [-0.25, -0.2) is 4.79 Å². The van der Waals surface area contributed by atoms with Crippen molar-refractivity contribution in [3.05, 3.63) is 65.2 Å². The highest BCUT2D eigenvalue weighted by Gasteiger charge is 2.35. The first-order valence-electron chi connectivity index (χ1n) is 8.05. The molecule has 0 atom stereocenters. The number of methoxy groups -OCH3 is 1. The van der Waals surface area contributed by atoms with Crippen molar-refractivity contribution in [1.29, 1.82) is 0 Å². The maximum Gasteiger partial charge on any atom is 0.417 e. The molecule has 0 heterocycles. The monoisotopic (exact) mass is 381 g/mol. The molecule has 27 heavy (non-hydrogen) atoms. The number of rotatable bonds is 7. The topological polar surface area (TPSA) is 64.6 Å². The molecule has 1 N–H and O–H groups in total. The Hall–Kier alpha value is -3.03. The highest BCUT2D eigenvalue weighted by atomic mass is 19.4. The summed E-state index contributed by atoms with van der Waals surface area (Å²) in [7, 11) is 1.54. The van der Waals surface area contributed by atoms with E-state index in [0.29, 0.717) is 12.2 Å². The average molecular weight is 381 g/mol. The van der Waals surface area contributed by atoms with Gasteiger partial charge in [-0.3, -0.25) is 4.79 Å². The largest absolute Gasteiger partial charge is 0.496 e. The van der Waals surface area contributed by atoms with Crippen LogP contribution in [-0.4, -0.2) is 32.1 Å². The molecule has 0 saturated heterocycles. The molecule has 0 spiro atoms. The van der Waals surface area contributed by atoms with Crippen molar-refractivity contribution >= 4 is 11.9 Å². The predicted octanol–water partition coefficient (Wildman–Crippen LogP) is 3.23. The van der Waals surface area contributed by atoms with Gasteiger partial charge in [0.15, 0.2) is 6.61 Å². The van der Waals surface area contributed by atoms with Gasteiger partial charge in [-0.2, -0.15) is 13.2 Å². The van der Waals surface area contributed by atoms with E-state index in [1.54, 1.807) is 6.07 Å². The molecule has 0 radical (unpaired) electrons. The molecule has 2 aromatic rings. The lowest BCUT2D eigenvalue weighted by molar-refractivity contribution is -0.138. The maximum atomic E-state index is 12.9. The van der Waals surface area contributed by atoms with E-state index in [0.717, 1.165) is 17.7 Å². The zero-order valence-electron chi connectivity index (χ0n) is 14.5. The number of amides is 1. The lowest BCUT2D eigenvalue weighted by Crippen LogP contribution is -2.30. The van der Waals surface area contributed by atoms with E-state index in [9.17, 15) is 22.8 Å². The number of benzene rings is 2. The summed E-state index contributed by atoms with van der Waals surface area (Å²) in [6.07, 6.45) is -4.20. The molecular formula is C19H18F3NO4. The smallest absolute Gasteiger partial charge is 0.417 e. The molecule has 0 fully saturated rings.